The molecule has 0 spiro atoms. The first-order chi connectivity index (χ1) is 10.7. The zero-order chi connectivity index (χ0) is 15.5. The summed E-state index contributed by atoms with van der Waals surface area (Å²) < 4.78 is 13.9. The van der Waals surface area contributed by atoms with Gasteiger partial charge in [0.1, 0.15) is 5.82 Å². The summed E-state index contributed by atoms with van der Waals surface area (Å²) in [5.41, 5.74) is 0.929. The van der Waals surface area contributed by atoms with Crippen molar-refractivity contribution in [1.82, 2.24) is 9.80 Å². The van der Waals surface area contributed by atoms with Crippen LogP contribution in [-0.2, 0) is 11.3 Å². The van der Waals surface area contributed by atoms with Gasteiger partial charge in [0.2, 0.25) is 5.91 Å². The normalized spacial score (nSPS) is 22.0. The van der Waals surface area contributed by atoms with Crippen molar-refractivity contribution in [2.75, 3.05) is 26.2 Å². The highest BCUT2D eigenvalue weighted by Gasteiger charge is 2.32. The molecule has 2 fully saturated rings. The molecule has 0 aliphatic carbocycles. The lowest BCUT2D eigenvalue weighted by atomic mass is 10.1. The maximum atomic E-state index is 13.9. The van der Waals surface area contributed by atoms with Gasteiger partial charge < -0.3 is 4.90 Å². The van der Waals surface area contributed by atoms with Crippen LogP contribution in [-0.4, -0.2) is 41.9 Å². The topological polar surface area (TPSA) is 47.3 Å². The van der Waals surface area contributed by atoms with Gasteiger partial charge in [-0.3, -0.25) is 9.69 Å². The lowest BCUT2D eigenvalue weighted by Crippen LogP contribution is -2.35. The minimum absolute atomic E-state index is 0.0551. The number of carbonyl (C=O) groups is 1. The molecular formula is C17H20FN3O. The second-order valence-electron chi connectivity index (χ2n) is 6.17. The quantitative estimate of drug-likeness (QED) is 0.859. The van der Waals surface area contributed by atoms with Crippen molar-refractivity contribution < 1.29 is 9.18 Å². The van der Waals surface area contributed by atoms with Crippen molar-refractivity contribution in [2.45, 2.75) is 25.8 Å². The number of rotatable bonds is 3. The molecule has 1 unspecified atom stereocenters. The summed E-state index contributed by atoms with van der Waals surface area (Å²) in [6.07, 6.45) is 3.07. The van der Waals surface area contributed by atoms with Crippen molar-refractivity contribution in [3.05, 3.63) is 35.1 Å². The van der Waals surface area contributed by atoms with E-state index in [1.54, 1.807) is 12.1 Å². The maximum absolute atomic E-state index is 13.9. The van der Waals surface area contributed by atoms with Gasteiger partial charge in [-0.2, -0.15) is 5.26 Å². The lowest BCUT2D eigenvalue weighted by molar-refractivity contribution is -0.134. The number of carbonyl (C=O) groups excluding carboxylic acids is 1. The molecule has 0 bridgehead atoms. The van der Waals surface area contributed by atoms with Crippen LogP contribution in [0.3, 0.4) is 0 Å². The molecule has 4 nitrogen and oxygen atoms in total. The molecule has 0 radical (unpaired) electrons. The van der Waals surface area contributed by atoms with Crippen LogP contribution in [0.2, 0.25) is 0 Å². The van der Waals surface area contributed by atoms with Crippen LogP contribution in [0.5, 0.6) is 0 Å². The number of halogens is 1. The van der Waals surface area contributed by atoms with E-state index in [0.29, 0.717) is 24.2 Å². The first-order valence-electron chi connectivity index (χ1n) is 7.87. The van der Waals surface area contributed by atoms with Gasteiger partial charge in [-0.05, 0) is 37.9 Å². The first-order valence-corrected chi connectivity index (χ1v) is 7.87. The van der Waals surface area contributed by atoms with Gasteiger partial charge >= 0.3 is 0 Å². The molecule has 0 aromatic heterocycles. The molecule has 1 atom stereocenters. The zero-order valence-electron chi connectivity index (χ0n) is 12.6. The number of nitrogens with zero attached hydrogens (tertiary/aromatic N) is 3. The fraction of sp³-hybridized carbons (Fsp3) is 0.529. The molecular weight excluding hydrogens is 281 g/mol. The summed E-state index contributed by atoms with van der Waals surface area (Å²) in [7, 11) is 0. The molecule has 1 amide bonds. The Hall–Kier alpha value is -1.93. The van der Waals surface area contributed by atoms with Crippen LogP contribution < -0.4 is 0 Å². The van der Waals surface area contributed by atoms with Gasteiger partial charge in [0.05, 0.1) is 17.6 Å². The smallest absolute Gasteiger partial charge is 0.227 e. The Balaban J connectivity index is 1.59. The standard InChI is InChI=1S/C17H20FN3O/c18-16-9-13(10-19)3-4-14(16)11-20-8-5-15(12-20)17(22)21-6-1-2-7-21/h3-4,9,15H,1-2,5-8,11-12H2. The Morgan fingerprint density at radius 2 is 2.09 bits per heavy atom. The Bertz CT molecular complexity index is 604. The summed E-state index contributed by atoms with van der Waals surface area (Å²) in [4.78, 5) is 16.5. The number of hydrogen-bond acceptors (Lipinski definition) is 3. The minimum atomic E-state index is -0.339. The number of amides is 1. The third kappa shape index (κ3) is 3.12. The van der Waals surface area contributed by atoms with Crippen LogP contribution in [0.25, 0.3) is 0 Å². The van der Waals surface area contributed by atoms with Crippen molar-refractivity contribution in [3.8, 4) is 6.07 Å². The van der Waals surface area contributed by atoms with Crippen LogP contribution in [0.15, 0.2) is 18.2 Å². The van der Waals surface area contributed by atoms with Crippen LogP contribution in [0.4, 0.5) is 4.39 Å². The molecule has 22 heavy (non-hydrogen) atoms. The first kappa shape index (κ1) is 15.0. The molecule has 0 N–H and O–H groups in total. The van der Waals surface area contributed by atoms with Gasteiger partial charge in [-0.25, -0.2) is 4.39 Å². The van der Waals surface area contributed by atoms with Crippen molar-refractivity contribution in [3.63, 3.8) is 0 Å². The number of likely N-dealkylation sites (tertiary alicyclic amines) is 2. The summed E-state index contributed by atoms with van der Waals surface area (Å²) in [6.45, 7) is 3.80. The molecule has 3 rings (SSSR count). The molecule has 1 aromatic carbocycles. The summed E-state index contributed by atoms with van der Waals surface area (Å²) in [5.74, 6) is -0.0202. The monoisotopic (exact) mass is 301 g/mol. The van der Waals surface area contributed by atoms with E-state index in [0.717, 1.165) is 38.9 Å². The van der Waals surface area contributed by atoms with Crippen LogP contribution >= 0.6 is 0 Å². The predicted octanol–water partition coefficient (Wildman–Crippen LogP) is 2.14. The highest BCUT2D eigenvalue weighted by molar-refractivity contribution is 5.79. The van der Waals surface area contributed by atoms with Gasteiger partial charge in [-0.15, -0.1) is 0 Å². The van der Waals surface area contributed by atoms with Gasteiger partial charge in [0, 0.05) is 31.7 Å². The molecule has 0 saturated carbocycles. The van der Waals surface area contributed by atoms with E-state index < -0.39 is 0 Å². The molecule has 2 aliphatic rings. The fourth-order valence-corrected chi connectivity index (χ4v) is 3.36. The summed E-state index contributed by atoms with van der Waals surface area (Å²) in [5, 5.41) is 8.77. The van der Waals surface area contributed by atoms with E-state index in [2.05, 4.69) is 4.90 Å². The van der Waals surface area contributed by atoms with Crippen molar-refractivity contribution in [2.24, 2.45) is 5.92 Å². The maximum Gasteiger partial charge on any atom is 0.227 e. The van der Waals surface area contributed by atoms with Gasteiger partial charge in [0.15, 0.2) is 0 Å². The van der Waals surface area contributed by atoms with Crippen LogP contribution in [0, 0.1) is 23.1 Å². The molecule has 116 valence electrons. The van der Waals surface area contributed by atoms with Crippen molar-refractivity contribution in [1.29, 1.82) is 5.26 Å². The fourth-order valence-electron chi connectivity index (χ4n) is 3.36. The zero-order valence-corrected chi connectivity index (χ0v) is 12.6. The SMILES string of the molecule is N#Cc1ccc(CN2CCC(C(=O)N3CCCC3)C2)c(F)c1. The second kappa shape index (κ2) is 6.45. The van der Waals surface area contributed by atoms with Gasteiger partial charge in [0.25, 0.3) is 0 Å². The predicted molar refractivity (Wildman–Crippen MR) is 80.3 cm³/mol. The van der Waals surface area contributed by atoms with E-state index in [4.69, 9.17) is 5.26 Å². The molecule has 1 aromatic rings. The van der Waals surface area contributed by atoms with E-state index in [1.807, 2.05) is 11.0 Å². The largest absolute Gasteiger partial charge is 0.342 e. The summed E-state index contributed by atoms with van der Waals surface area (Å²) >= 11 is 0. The molecule has 2 heterocycles. The average Bonchev–Trinajstić information content (AvgIpc) is 3.20. The molecule has 5 heteroatoms. The third-order valence-corrected chi connectivity index (χ3v) is 4.62. The van der Waals surface area contributed by atoms with Crippen molar-refractivity contribution >= 4 is 5.91 Å². The lowest BCUT2D eigenvalue weighted by Gasteiger charge is -2.20. The molecule has 2 aliphatic heterocycles. The van der Waals surface area contributed by atoms with E-state index >= 15 is 0 Å². The van der Waals surface area contributed by atoms with E-state index in [-0.39, 0.29) is 17.6 Å². The second-order valence-corrected chi connectivity index (χ2v) is 6.17. The van der Waals surface area contributed by atoms with E-state index in [1.165, 1.54) is 6.07 Å². The Morgan fingerprint density at radius 3 is 2.77 bits per heavy atom. The number of benzene rings is 1. The third-order valence-electron chi connectivity index (χ3n) is 4.62. The molecule has 2 saturated heterocycles. The van der Waals surface area contributed by atoms with E-state index in [9.17, 15) is 9.18 Å². The number of nitriles is 1. The highest BCUT2D eigenvalue weighted by Crippen LogP contribution is 2.23. The minimum Gasteiger partial charge on any atom is -0.342 e. The van der Waals surface area contributed by atoms with Crippen LogP contribution in [0.1, 0.15) is 30.4 Å². The Morgan fingerprint density at radius 1 is 1.32 bits per heavy atom. The summed E-state index contributed by atoms with van der Waals surface area (Å²) in [6, 6.07) is 6.52. The number of hydrogen-bond donors (Lipinski definition) is 0. The average molecular weight is 301 g/mol. The van der Waals surface area contributed by atoms with Gasteiger partial charge in [-0.1, -0.05) is 6.07 Å². The Labute approximate surface area is 130 Å². The Kier molecular flexibility index (Phi) is 4.39. The highest BCUT2D eigenvalue weighted by atomic mass is 19.1.